The number of hydrogen-bond acceptors (Lipinski definition) is 4. The first-order valence-electron chi connectivity index (χ1n) is 5.64. The Hall–Kier alpha value is -1.75. The molecule has 0 fully saturated rings. The Labute approximate surface area is 107 Å². The largest absolute Gasteiger partial charge is 0.493 e. The van der Waals surface area contributed by atoms with Crippen LogP contribution in [0.4, 0.5) is 0 Å². The Balaban J connectivity index is 2.76. The summed E-state index contributed by atoms with van der Waals surface area (Å²) >= 11 is 0. The molecule has 0 N–H and O–H groups in total. The second-order valence-corrected chi connectivity index (χ2v) is 3.73. The summed E-state index contributed by atoms with van der Waals surface area (Å²) in [6.45, 7) is 0. The van der Waals surface area contributed by atoms with Crippen molar-refractivity contribution in [1.82, 2.24) is 5.06 Å². The van der Waals surface area contributed by atoms with Crippen molar-refractivity contribution in [3.05, 3.63) is 23.8 Å². The fourth-order valence-corrected chi connectivity index (χ4v) is 1.65. The molecule has 5 nitrogen and oxygen atoms in total. The maximum atomic E-state index is 11.6. The summed E-state index contributed by atoms with van der Waals surface area (Å²) in [6, 6.07) is 5.62. The van der Waals surface area contributed by atoms with Crippen LogP contribution in [0.1, 0.15) is 12.0 Å². The normalized spacial score (nSPS) is 10.0. The molecule has 0 unspecified atom stereocenters. The predicted molar refractivity (Wildman–Crippen MR) is 67.6 cm³/mol. The molecule has 0 heterocycles. The van der Waals surface area contributed by atoms with Crippen LogP contribution in [0, 0.1) is 0 Å². The van der Waals surface area contributed by atoms with Crippen LogP contribution in [0.25, 0.3) is 0 Å². The van der Waals surface area contributed by atoms with Crippen molar-refractivity contribution in [3.8, 4) is 11.5 Å². The molecule has 5 heteroatoms. The van der Waals surface area contributed by atoms with Gasteiger partial charge in [0.2, 0.25) is 5.91 Å². The van der Waals surface area contributed by atoms with Gasteiger partial charge in [0.25, 0.3) is 0 Å². The van der Waals surface area contributed by atoms with Gasteiger partial charge in [-0.2, -0.15) is 0 Å². The van der Waals surface area contributed by atoms with Crippen molar-refractivity contribution in [2.45, 2.75) is 12.8 Å². The molecule has 0 radical (unpaired) electrons. The molecule has 100 valence electrons. The summed E-state index contributed by atoms with van der Waals surface area (Å²) < 4.78 is 10.5. The summed E-state index contributed by atoms with van der Waals surface area (Å²) in [6.07, 6.45) is 0.931. The highest BCUT2D eigenvalue weighted by Crippen LogP contribution is 2.31. The Morgan fingerprint density at radius 3 is 2.50 bits per heavy atom. The summed E-state index contributed by atoms with van der Waals surface area (Å²) in [5, 5.41) is 1.21. The lowest BCUT2D eigenvalue weighted by molar-refractivity contribution is -0.168. The van der Waals surface area contributed by atoms with Crippen LogP contribution >= 0.6 is 0 Å². The Kier molecular flexibility index (Phi) is 5.45. The molecule has 0 saturated heterocycles. The van der Waals surface area contributed by atoms with Crippen LogP contribution in [-0.2, 0) is 16.1 Å². The average molecular weight is 253 g/mol. The number of hydrogen-bond donors (Lipinski definition) is 0. The predicted octanol–water partition coefficient (Wildman–Crippen LogP) is 1.66. The van der Waals surface area contributed by atoms with E-state index in [2.05, 4.69) is 0 Å². The standard InChI is InChI=1S/C13H19NO4/c1-14(18-4)12(15)9-8-10-6-5-7-11(16-2)13(10)17-3/h5-7H,8-9H2,1-4H3. The molecule has 18 heavy (non-hydrogen) atoms. The quantitative estimate of drug-likeness (QED) is 0.723. The number of benzene rings is 1. The third-order valence-electron chi connectivity index (χ3n) is 2.72. The lowest BCUT2D eigenvalue weighted by Crippen LogP contribution is -2.25. The van der Waals surface area contributed by atoms with E-state index in [0.29, 0.717) is 24.3 Å². The van der Waals surface area contributed by atoms with E-state index >= 15 is 0 Å². The monoisotopic (exact) mass is 253 g/mol. The topological polar surface area (TPSA) is 48.0 Å². The van der Waals surface area contributed by atoms with Gasteiger partial charge in [0.15, 0.2) is 11.5 Å². The zero-order valence-corrected chi connectivity index (χ0v) is 11.2. The van der Waals surface area contributed by atoms with Gasteiger partial charge in [-0.25, -0.2) is 5.06 Å². The van der Waals surface area contributed by atoms with Gasteiger partial charge in [-0.1, -0.05) is 12.1 Å². The Bertz CT molecular complexity index is 406. The van der Waals surface area contributed by atoms with Crippen molar-refractivity contribution in [2.75, 3.05) is 28.4 Å². The van der Waals surface area contributed by atoms with Gasteiger partial charge in [-0.3, -0.25) is 9.63 Å². The van der Waals surface area contributed by atoms with E-state index in [4.69, 9.17) is 14.3 Å². The number of para-hydroxylation sites is 1. The number of ether oxygens (including phenoxy) is 2. The van der Waals surface area contributed by atoms with Gasteiger partial charge in [-0.05, 0) is 18.1 Å². The molecule has 0 aliphatic carbocycles. The first-order chi connectivity index (χ1) is 8.63. The number of carbonyl (C=O) groups is 1. The van der Waals surface area contributed by atoms with Crippen molar-refractivity contribution in [1.29, 1.82) is 0 Å². The summed E-state index contributed by atoms with van der Waals surface area (Å²) in [5.41, 5.74) is 0.940. The number of amides is 1. The molecule has 0 spiro atoms. The van der Waals surface area contributed by atoms with E-state index in [0.717, 1.165) is 5.56 Å². The molecule has 1 amide bonds. The summed E-state index contributed by atoms with van der Waals surface area (Å²) in [4.78, 5) is 16.5. The molecule has 1 rings (SSSR count). The lowest BCUT2D eigenvalue weighted by atomic mass is 10.1. The van der Waals surface area contributed by atoms with Gasteiger partial charge < -0.3 is 9.47 Å². The molecule has 1 aromatic carbocycles. The van der Waals surface area contributed by atoms with Gasteiger partial charge in [0.05, 0.1) is 21.3 Å². The number of hydroxylamine groups is 2. The first kappa shape index (κ1) is 14.3. The van der Waals surface area contributed by atoms with Crippen molar-refractivity contribution in [3.63, 3.8) is 0 Å². The molecule has 0 aliphatic rings. The third kappa shape index (κ3) is 3.37. The maximum Gasteiger partial charge on any atom is 0.246 e. The van der Waals surface area contributed by atoms with E-state index in [1.54, 1.807) is 21.3 Å². The van der Waals surface area contributed by atoms with Gasteiger partial charge >= 0.3 is 0 Å². The van der Waals surface area contributed by atoms with Crippen molar-refractivity contribution < 1.29 is 19.1 Å². The fraction of sp³-hybridized carbons (Fsp3) is 0.462. The fourth-order valence-electron chi connectivity index (χ4n) is 1.65. The molecule has 1 aromatic rings. The highest BCUT2D eigenvalue weighted by molar-refractivity contribution is 5.75. The van der Waals surface area contributed by atoms with Gasteiger partial charge in [0.1, 0.15) is 0 Å². The summed E-state index contributed by atoms with van der Waals surface area (Å²) in [5.74, 6) is 1.26. The summed E-state index contributed by atoms with van der Waals surface area (Å²) in [7, 11) is 6.23. The van der Waals surface area contributed by atoms with Crippen LogP contribution in [0.15, 0.2) is 18.2 Å². The lowest BCUT2D eigenvalue weighted by Gasteiger charge is -2.15. The highest BCUT2D eigenvalue weighted by Gasteiger charge is 2.13. The highest BCUT2D eigenvalue weighted by atomic mass is 16.7. The molecule has 0 aliphatic heterocycles. The van der Waals surface area contributed by atoms with E-state index in [1.165, 1.54) is 12.2 Å². The van der Waals surface area contributed by atoms with Gasteiger partial charge in [0, 0.05) is 13.5 Å². The molecular formula is C13H19NO4. The minimum absolute atomic E-state index is 0.0811. The Morgan fingerprint density at radius 2 is 1.94 bits per heavy atom. The number of aryl methyl sites for hydroxylation is 1. The van der Waals surface area contributed by atoms with Gasteiger partial charge in [-0.15, -0.1) is 0 Å². The Morgan fingerprint density at radius 1 is 1.22 bits per heavy atom. The minimum atomic E-state index is -0.0811. The van der Waals surface area contributed by atoms with E-state index in [-0.39, 0.29) is 5.91 Å². The average Bonchev–Trinajstić information content (AvgIpc) is 2.42. The third-order valence-corrected chi connectivity index (χ3v) is 2.72. The molecule has 0 saturated carbocycles. The second-order valence-electron chi connectivity index (χ2n) is 3.73. The number of methoxy groups -OCH3 is 2. The molecule has 0 bridgehead atoms. The number of rotatable bonds is 6. The van der Waals surface area contributed by atoms with Crippen LogP contribution in [-0.4, -0.2) is 39.3 Å². The number of nitrogens with zero attached hydrogens (tertiary/aromatic N) is 1. The smallest absolute Gasteiger partial charge is 0.246 e. The van der Waals surface area contributed by atoms with E-state index < -0.39 is 0 Å². The van der Waals surface area contributed by atoms with Crippen LogP contribution in [0.5, 0.6) is 11.5 Å². The van der Waals surface area contributed by atoms with Crippen LogP contribution in [0.3, 0.4) is 0 Å². The molecule has 0 atom stereocenters. The molecule has 0 aromatic heterocycles. The zero-order valence-electron chi connectivity index (χ0n) is 11.2. The number of carbonyl (C=O) groups excluding carboxylic acids is 1. The zero-order chi connectivity index (χ0) is 13.5. The SMILES string of the molecule is COc1cccc(CCC(=O)N(C)OC)c1OC. The maximum absolute atomic E-state index is 11.6. The van der Waals surface area contributed by atoms with Crippen LogP contribution < -0.4 is 9.47 Å². The van der Waals surface area contributed by atoms with E-state index in [1.807, 2.05) is 18.2 Å². The van der Waals surface area contributed by atoms with Crippen molar-refractivity contribution >= 4 is 5.91 Å². The van der Waals surface area contributed by atoms with Crippen LogP contribution in [0.2, 0.25) is 0 Å². The minimum Gasteiger partial charge on any atom is -0.493 e. The van der Waals surface area contributed by atoms with E-state index in [9.17, 15) is 4.79 Å². The second kappa shape index (κ2) is 6.86. The first-order valence-corrected chi connectivity index (χ1v) is 5.64. The van der Waals surface area contributed by atoms with Crippen molar-refractivity contribution in [2.24, 2.45) is 0 Å². The molecular weight excluding hydrogens is 234 g/mol.